The van der Waals surface area contributed by atoms with Gasteiger partial charge in [-0.3, -0.25) is 0 Å². The summed E-state index contributed by atoms with van der Waals surface area (Å²) >= 11 is 0. The highest BCUT2D eigenvalue weighted by atomic mass is 15.4. The van der Waals surface area contributed by atoms with Crippen molar-refractivity contribution in [2.75, 3.05) is 16.8 Å². The first-order valence-corrected chi connectivity index (χ1v) is 7.99. The SMILES string of the molecule is CN1c2ccc(-c3ccccc3)nc2N2c3ccccc3CC12. The first kappa shape index (κ1) is 12.7. The van der Waals surface area contributed by atoms with Gasteiger partial charge in [0, 0.05) is 24.7 Å². The molecule has 0 amide bonds. The fraction of sp³-hybridized carbons (Fsp3) is 0.150. The monoisotopic (exact) mass is 299 g/mol. The van der Waals surface area contributed by atoms with Crippen molar-refractivity contribution in [2.45, 2.75) is 12.6 Å². The molecule has 2 aliphatic rings. The molecule has 3 heterocycles. The highest BCUT2D eigenvalue weighted by Gasteiger charge is 2.41. The van der Waals surface area contributed by atoms with E-state index in [2.05, 4.69) is 77.5 Å². The lowest BCUT2D eigenvalue weighted by atomic mass is 10.1. The molecule has 5 rings (SSSR count). The molecule has 3 heteroatoms. The van der Waals surface area contributed by atoms with Gasteiger partial charge in [-0.25, -0.2) is 4.98 Å². The van der Waals surface area contributed by atoms with Gasteiger partial charge < -0.3 is 9.80 Å². The van der Waals surface area contributed by atoms with Gasteiger partial charge in [0.1, 0.15) is 6.17 Å². The average Bonchev–Trinajstić information content (AvgIpc) is 3.12. The number of hydrogen-bond acceptors (Lipinski definition) is 3. The fourth-order valence-electron chi connectivity index (χ4n) is 3.76. The van der Waals surface area contributed by atoms with Gasteiger partial charge >= 0.3 is 0 Å². The Labute approximate surface area is 135 Å². The lowest BCUT2D eigenvalue weighted by Gasteiger charge is -2.23. The summed E-state index contributed by atoms with van der Waals surface area (Å²) in [6, 6.07) is 23.4. The summed E-state index contributed by atoms with van der Waals surface area (Å²) in [7, 11) is 2.17. The molecule has 2 aromatic carbocycles. The second-order valence-corrected chi connectivity index (χ2v) is 6.20. The van der Waals surface area contributed by atoms with E-state index in [1.807, 2.05) is 6.07 Å². The molecule has 0 saturated carbocycles. The summed E-state index contributed by atoms with van der Waals surface area (Å²) < 4.78 is 0. The minimum Gasteiger partial charge on any atom is -0.351 e. The van der Waals surface area contributed by atoms with Crippen LogP contribution in [0.1, 0.15) is 5.56 Å². The maximum Gasteiger partial charge on any atom is 0.159 e. The molecule has 3 aromatic rings. The number of pyridine rings is 1. The molecule has 0 fully saturated rings. The Morgan fingerprint density at radius 1 is 0.870 bits per heavy atom. The zero-order valence-electron chi connectivity index (χ0n) is 13.0. The number of nitrogens with zero attached hydrogens (tertiary/aromatic N) is 3. The lowest BCUT2D eigenvalue weighted by Crippen LogP contribution is -2.36. The quantitative estimate of drug-likeness (QED) is 0.670. The van der Waals surface area contributed by atoms with Crippen LogP contribution in [0.2, 0.25) is 0 Å². The van der Waals surface area contributed by atoms with Crippen LogP contribution in [-0.2, 0) is 6.42 Å². The Morgan fingerprint density at radius 3 is 2.52 bits per heavy atom. The smallest absolute Gasteiger partial charge is 0.159 e. The van der Waals surface area contributed by atoms with Crippen LogP contribution in [0, 0.1) is 0 Å². The predicted octanol–water partition coefficient (Wildman–Crippen LogP) is 4.22. The number of likely N-dealkylation sites (N-methyl/N-ethyl adjacent to an activating group) is 1. The third-order valence-corrected chi connectivity index (χ3v) is 4.93. The Balaban J connectivity index is 1.68. The van der Waals surface area contributed by atoms with E-state index in [4.69, 9.17) is 4.98 Å². The number of anilines is 3. The molecule has 1 atom stereocenters. The summed E-state index contributed by atoms with van der Waals surface area (Å²) in [6.07, 6.45) is 1.39. The highest BCUT2D eigenvalue weighted by Crippen LogP contribution is 2.48. The Morgan fingerprint density at radius 2 is 1.65 bits per heavy atom. The summed E-state index contributed by atoms with van der Waals surface area (Å²) in [6.45, 7) is 0. The lowest BCUT2D eigenvalue weighted by molar-refractivity contribution is 0.702. The van der Waals surface area contributed by atoms with E-state index in [1.54, 1.807) is 0 Å². The minimum absolute atomic E-state index is 0.348. The molecular formula is C20H17N3. The van der Waals surface area contributed by atoms with E-state index in [-0.39, 0.29) is 0 Å². The zero-order chi connectivity index (χ0) is 15.4. The normalized spacial score (nSPS) is 17.9. The minimum atomic E-state index is 0.348. The van der Waals surface area contributed by atoms with Crippen molar-refractivity contribution in [3.8, 4) is 11.3 Å². The molecule has 112 valence electrons. The molecular weight excluding hydrogens is 282 g/mol. The number of aromatic nitrogens is 1. The molecule has 0 radical (unpaired) electrons. The number of benzene rings is 2. The van der Waals surface area contributed by atoms with Crippen molar-refractivity contribution in [2.24, 2.45) is 0 Å². The van der Waals surface area contributed by atoms with Crippen LogP contribution in [-0.4, -0.2) is 18.2 Å². The van der Waals surface area contributed by atoms with E-state index in [0.29, 0.717) is 6.17 Å². The van der Waals surface area contributed by atoms with Crippen molar-refractivity contribution >= 4 is 17.2 Å². The Kier molecular flexibility index (Phi) is 2.54. The van der Waals surface area contributed by atoms with Gasteiger partial charge in [0.15, 0.2) is 5.82 Å². The van der Waals surface area contributed by atoms with E-state index in [0.717, 1.165) is 23.5 Å². The topological polar surface area (TPSA) is 19.4 Å². The predicted molar refractivity (Wildman–Crippen MR) is 94.1 cm³/mol. The number of rotatable bonds is 1. The summed E-state index contributed by atoms with van der Waals surface area (Å²) in [5.74, 6) is 1.07. The second kappa shape index (κ2) is 4.59. The van der Waals surface area contributed by atoms with Crippen molar-refractivity contribution in [3.05, 3.63) is 72.3 Å². The van der Waals surface area contributed by atoms with Gasteiger partial charge in [0.25, 0.3) is 0 Å². The Hall–Kier alpha value is -2.81. The third-order valence-electron chi connectivity index (χ3n) is 4.93. The van der Waals surface area contributed by atoms with E-state index >= 15 is 0 Å². The van der Waals surface area contributed by atoms with Crippen LogP contribution >= 0.6 is 0 Å². The maximum atomic E-state index is 5.00. The molecule has 0 spiro atoms. The van der Waals surface area contributed by atoms with Gasteiger partial charge in [-0.05, 0) is 23.8 Å². The van der Waals surface area contributed by atoms with Gasteiger partial charge in [-0.2, -0.15) is 0 Å². The van der Waals surface area contributed by atoms with Crippen LogP contribution in [0.3, 0.4) is 0 Å². The summed E-state index contributed by atoms with van der Waals surface area (Å²) in [5.41, 5.74) is 6.10. The average molecular weight is 299 g/mol. The van der Waals surface area contributed by atoms with Crippen molar-refractivity contribution < 1.29 is 0 Å². The molecule has 0 bridgehead atoms. The standard InChI is InChI=1S/C20H17N3/c1-22-18-12-11-16(14-7-3-2-4-8-14)21-20(18)23-17-10-6-5-9-15(17)13-19(22)23/h2-12,19H,13H2,1H3. The van der Waals surface area contributed by atoms with Gasteiger partial charge in [0.05, 0.1) is 11.4 Å². The summed E-state index contributed by atoms with van der Waals surface area (Å²) in [4.78, 5) is 9.73. The Bertz CT molecular complexity index is 888. The van der Waals surface area contributed by atoms with Crippen LogP contribution in [0.4, 0.5) is 17.2 Å². The van der Waals surface area contributed by atoms with Gasteiger partial charge in [-0.1, -0.05) is 48.5 Å². The molecule has 0 aliphatic carbocycles. The van der Waals surface area contributed by atoms with E-state index in [1.165, 1.54) is 16.9 Å². The van der Waals surface area contributed by atoms with Gasteiger partial charge in [-0.15, -0.1) is 0 Å². The molecule has 3 nitrogen and oxygen atoms in total. The van der Waals surface area contributed by atoms with E-state index in [9.17, 15) is 0 Å². The van der Waals surface area contributed by atoms with Crippen molar-refractivity contribution in [1.82, 2.24) is 4.98 Å². The zero-order valence-corrected chi connectivity index (χ0v) is 13.0. The first-order valence-electron chi connectivity index (χ1n) is 7.99. The number of para-hydroxylation sites is 1. The van der Waals surface area contributed by atoms with E-state index < -0.39 is 0 Å². The molecule has 1 aromatic heterocycles. The highest BCUT2D eigenvalue weighted by molar-refractivity contribution is 5.85. The molecule has 1 unspecified atom stereocenters. The van der Waals surface area contributed by atoms with Crippen LogP contribution in [0.15, 0.2) is 66.7 Å². The molecule has 23 heavy (non-hydrogen) atoms. The largest absolute Gasteiger partial charge is 0.351 e. The second-order valence-electron chi connectivity index (χ2n) is 6.20. The third kappa shape index (κ3) is 1.73. The first-order chi connectivity index (χ1) is 11.3. The van der Waals surface area contributed by atoms with Crippen molar-refractivity contribution in [3.63, 3.8) is 0 Å². The van der Waals surface area contributed by atoms with Crippen molar-refractivity contribution in [1.29, 1.82) is 0 Å². The van der Waals surface area contributed by atoms with Crippen LogP contribution in [0.25, 0.3) is 11.3 Å². The maximum absolute atomic E-state index is 5.00. The van der Waals surface area contributed by atoms with Gasteiger partial charge in [0.2, 0.25) is 0 Å². The fourth-order valence-corrected chi connectivity index (χ4v) is 3.76. The summed E-state index contributed by atoms with van der Waals surface area (Å²) in [5, 5.41) is 0. The number of fused-ring (bicyclic) bond motifs is 5. The molecule has 0 saturated heterocycles. The van der Waals surface area contributed by atoms with Crippen LogP contribution in [0.5, 0.6) is 0 Å². The molecule has 2 aliphatic heterocycles. The van der Waals surface area contributed by atoms with Crippen LogP contribution < -0.4 is 9.80 Å². The number of hydrogen-bond donors (Lipinski definition) is 0. The molecule has 0 N–H and O–H groups in total.